The van der Waals surface area contributed by atoms with Gasteiger partial charge in [-0.2, -0.15) is 0 Å². The molecule has 0 saturated heterocycles. The van der Waals surface area contributed by atoms with Gasteiger partial charge in [0.15, 0.2) is 0 Å². The number of unbranched alkanes of at least 4 members (excludes halogenated alkanes) is 1. The monoisotopic (exact) mass is 326 g/mol. The molecular formula is C19H26N4O. The first-order valence-electron chi connectivity index (χ1n) is 8.52. The van der Waals surface area contributed by atoms with E-state index in [2.05, 4.69) is 40.8 Å². The quantitative estimate of drug-likeness (QED) is 0.746. The predicted molar refractivity (Wildman–Crippen MR) is 97.1 cm³/mol. The van der Waals surface area contributed by atoms with Crippen molar-refractivity contribution in [3.63, 3.8) is 0 Å². The molecule has 2 rings (SSSR count). The van der Waals surface area contributed by atoms with Gasteiger partial charge in [-0.15, -0.1) is 0 Å². The molecule has 5 heteroatoms. The van der Waals surface area contributed by atoms with Crippen LogP contribution in [0.5, 0.6) is 0 Å². The van der Waals surface area contributed by atoms with E-state index in [1.54, 1.807) is 24.3 Å². The molecule has 0 atom stereocenters. The summed E-state index contributed by atoms with van der Waals surface area (Å²) in [7, 11) is 1.81. The minimum atomic E-state index is -0.0754. The standard InChI is InChI=1S/C19H26N4O/c1-4-6-12-22(3)19(24)17-13-21-18(14-20-17)23(5-2)15-16-10-8-7-9-11-16/h7-11,13-14H,4-6,12,15H2,1-3H3. The van der Waals surface area contributed by atoms with E-state index < -0.39 is 0 Å². The normalized spacial score (nSPS) is 10.5. The molecule has 1 aromatic heterocycles. The highest BCUT2D eigenvalue weighted by Crippen LogP contribution is 2.14. The summed E-state index contributed by atoms with van der Waals surface area (Å²) in [4.78, 5) is 24.9. The van der Waals surface area contributed by atoms with Gasteiger partial charge < -0.3 is 9.80 Å². The third-order valence-corrected chi connectivity index (χ3v) is 3.97. The molecule has 128 valence electrons. The molecule has 0 fully saturated rings. The Hall–Kier alpha value is -2.43. The number of hydrogen-bond donors (Lipinski definition) is 0. The Bertz CT molecular complexity index is 628. The van der Waals surface area contributed by atoms with Crippen LogP contribution in [0.1, 0.15) is 42.7 Å². The second-order valence-electron chi connectivity index (χ2n) is 5.84. The number of carbonyl (C=O) groups is 1. The molecular weight excluding hydrogens is 300 g/mol. The zero-order chi connectivity index (χ0) is 17.4. The molecule has 0 unspecified atom stereocenters. The third-order valence-electron chi connectivity index (χ3n) is 3.97. The Balaban J connectivity index is 2.05. The summed E-state index contributed by atoms with van der Waals surface area (Å²) >= 11 is 0. The average molecular weight is 326 g/mol. The van der Waals surface area contributed by atoms with Crippen LogP contribution in [0.3, 0.4) is 0 Å². The van der Waals surface area contributed by atoms with E-state index in [0.717, 1.165) is 38.3 Å². The van der Waals surface area contributed by atoms with Gasteiger partial charge in [0.25, 0.3) is 5.91 Å². The molecule has 5 nitrogen and oxygen atoms in total. The first-order valence-corrected chi connectivity index (χ1v) is 8.52. The molecule has 0 aliphatic carbocycles. The third kappa shape index (κ3) is 4.78. The van der Waals surface area contributed by atoms with Gasteiger partial charge in [-0.05, 0) is 18.9 Å². The lowest BCUT2D eigenvalue weighted by Gasteiger charge is -2.22. The molecule has 0 radical (unpaired) electrons. The number of aromatic nitrogens is 2. The predicted octanol–water partition coefficient (Wildman–Crippen LogP) is 3.38. The lowest BCUT2D eigenvalue weighted by molar-refractivity contribution is 0.0787. The van der Waals surface area contributed by atoms with Gasteiger partial charge in [0.05, 0.1) is 12.4 Å². The Labute approximate surface area is 144 Å². The van der Waals surface area contributed by atoms with Crippen LogP contribution in [0.15, 0.2) is 42.7 Å². The van der Waals surface area contributed by atoms with Crippen molar-refractivity contribution in [2.24, 2.45) is 0 Å². The van der Waals surface area contributed by atoms with E-state index in [0.29, 0.717) is 5.69 Å². The molecule has 1 aromatic carbocycles. The van der Waals surface area contributed by atoms with Crippen molar-refractivity contribution in [1.82, 2.24) is 14.9 Å². The summed E-state index contributed by atoms with van der Waals surface area (Å²) in [5.74, 6) is 0.711. The second-order valence-corrected chi connectivity index (χ2v) is 5.84. The van der Waals surface area contributed by atoms with Crippen LogP contribution >= 0.6 is 0 Å². The number of anilines is 1. The highest BCUT2D eigenvalue weighted by atomic mass is 16.2. The fourth-order valence-electron chi connectivity index (χ4n) is 2.45. The van der Waals surface area contributed by atoms with Crippen LogP contribution in [0, 0.1) is 0 Å². The summed E-state index contributed by atoms with van der Waals surface area (Å²) in [5, 5.41) is 0. The second kappa shape index (κ2) is 9.01. The lowest BCUT2D eigenvalue weighted by atomic mass is 10.2. The van der Waals surface area contributed by atoms with Crippen molar-refractivity contribution >= 4 is 11.7 Å². The fourth-order valence-corrected chi connectivity index (χ4v) is 2.45. The topological polar surface area (TPSA) is 49.3 Å². The van der Waals surface area contributed by atoms with Crippen LogP contribution in [0.4, 0.5) is 5.82 Å². The average Bonchev–Trinajstić information content (AvgIpc) is 2.64. The van der Waals surface area contributed by atoms with Gasteiger partial charge in [-0.1, -0.05) is 43.7 Å². The first kappa shape index (κ1) is 17.9. The zero-order valence-corrected chi connectivity index (χ0v) is 14.8. The maximum atomic E-state index is 12.3. The maximum absolute atomic E-state index is 12.3. The number of carbonyl (C=O) groups excluding carboxylic acids is 1. The smallest absolute Gasteiger partial charge is 0.273 e. The van der Waals surface area contributed by atoms with Gasteiger partial charge in [0, 0.05) is 26.7 Å². The molecule has 0 aliphatic heterocycles. The van der Waals surface area contributed by atoms with E-state index in [-0.39, 0.29) is 5.91 Å². The minimum Gasteiger partial charge on any atom is -0.351 e. The number of amides is 1. The van der Waals surface area contributed by atoms with Crippen molar-refractivity contribution in [2.45, 2.75) is 33.2 Å². The number of rotatable bonds is 8. The SMILES string of the molecule is CCCCN(C)C(=O)c1cnc(N(CC)Cc2ccccc2)cn1. The number of benzene rings is 1. The van der Waals surface area contributed by atoms with Crippen molar-refractivity contribution < 1.29 is 4.79 Å². The van der Waals surface area contributed by atoms with Gasteiger partial charge in [0.2, 0.25) is 0 Å². The lowest BCUT2D eigenvalue weighted by Crippen LogP contribution is -2.29. The van der Waals surface area contributed by atoms with E-state index in [4.69, 9.17) is 0 Å². The minimum absolute atomic E-state index is 0.0754. The molecule has 0 aliphatic rings. The summed E-state index contributed by atoms with van der Waals surface area (Å²) in [6.45, 7) is 6.54. The van der Waals surface area contributed by atoms with E-state index in [1.165, 1.54) is 5.56 Å². The molecule has 0 spiro atoms. The fraction of sp³-hybridized carbons (Fsp3) is 0.421. The van der Waals surface area contributed by atoms with E-state index >= 15 is 0 Å². The summed E-state index contributed by atoms with van der Waals surface area (Å²) in [5.41, 5.74) is 1.62. The van der Waals surface area contributed by atoms with Crippen molar-refractivity contribution in [1.29, 1.82) is 0 Å². The summed E-state index contributed by atoms with van der Waals surface area (Å²) in [6, 6.07) is 10.3. The summed E-state index contributed by atoms with van der Waals surface area (Å²) in [6.07, 6.45) is 5.32. The van der Waals surface area contributed by atoms with Gasteiger partial charge in [0.1, 0.15) is 11.5 Å². The van der Waals surface area contributed by atoms with Crippen molar-refractivity contribution in [3.05, 3.63) is 54.0 Å². The Morgan fingerprint density at radius 1 is 1.08 bits per heavy atom. The number of nitrogens with zero attached hydrogens (tertiary/aromatic N) is 4. The molecule has 1 heterocycles. The molecule has 24 heavy (non-hydrogen) atoms. The van der Waals surface area contributed by atoms with E-state index in [9.17, 15) is 4.79 Å². The highest BCUT2D eigenvalue weighted by molar-refractivity contribution is 5.91. The molecule has 1 amide bonds. The maximum Gasteiger partial charge on any atom is 0.273 e. The Morgan fingerprint density at radius 2 is 1.83 bits per heavy atom. The van der Waals surface area contributed by atoms with Gasteiger partial charge in [-0.25, -0.2) is 9.97 Å². The van der Waals surface area contributed by atoms with Crippen LogP contribution in [-0.2, 0) is 6.54 Å². The Kier molecular flexibility index (Phi) is 6.73. The number of hydrogen-bond acceptors (Lipinski definition) is 4. The van der Waals surface area contributed by atoms with Crippen LogP contribution < -0.4 is 4.90 Å². The van der Waals surface area contributed by atoms with Crippen molar-refractivity contribution in [3.8, 4) is 0 Å². The first-order chi connectivity index (χ1) is 11.7. The van der Waals surface area contributed by atoms with E-state index in [1.807, 2.05) is 18.2 Å². The molecule has 0 bridgehead atoms. The molecule has 0 N–H and O–H groups in total. The Morgan fingerprint density at radius 3 is 2.42 bits per heavy atom. The summed E-state index contributed by atoms with van der Waals surface area (Å²) < 4.78 is 0. The van der Waals surface area contributed by atoms with Gasteiger partial charge >= 0.3 is 0 Å². The highest BCUT2D eigenvalue weighted by Gasteiger charge is 2.14. The van der Waals surface area contributed by atoms with Gasteiger partial charge in [-0.3, -0.25) is 4.79 Å². The zero-order valence-electron chi connectivity index (χ0n) is 14.8. The largest absolute Gasteiger partial charge is 0.351 e. The van der Waals surface area contributed by atoms with Crippen LogP contribution in [0.2, 0.25) is 0 Å². The van der Waals surface area contributed by atoms with Crippen molar-refractivity contribution in [2.75, 3.05) is 25.0 Å². The molecule has 2 aromatic rings. The molecule has 0 saturated carbocycles. The van der Waals surface area contributed by atoms with Crippen LogP contribution in [-0.4, -0.2) is 40.9 Å². The van der Waals surface area contributed by atoms with Crippen LogP contribution in [0.25, 0.3) is 0 Å².